The van der Waals surface area contributed by atoms with Crippen LogP contribution >= 0.6 is 11.3 Å². The molecule has 1 N–H and O–H groups in total. The highest BCUT2D eigenvalue weighted by atomic mass is 32.1. The minimum absolute atomic E-state index is 0.342. The fourth-order valence-corrected chi connectivity index (χ4v) is 2.64. The number of thiophene rings is 1. The van der Waals surface area contributed by atoms with Crippen molar-refractivity contribution in [3.05, 3.63) is 34.7 Å². The molecule has 0 amide bonds. The quantitative estimate of drug-likeness (QED) is 0.881. The first-order chi connectivity index (χ1) is 7.66. The summed E-state index contributed by atoms with van der Waals surface area (Å²) < 4.78 is 1.81. The molecule has 0 saturated heterocycles. The van der Waals surface area contributed by atoms with Crippen molar-refractivity contribution in [2.45, 2.75) is 19.9 Å². The van der Waals surface area contributed by atoms with Gasteiger partial charge in [0.05, 0.1) is 6.04 Å². The van der Waals surface area contributed by atoms with Crippen LogP contribution in [0.4, 0.5) is 5.82 Å². The van der Waals surface area contributed by atoms with E-state index in [1.807, 2.05) is 24.0 Å². The van der Waals surface area contributed by atoms with Gasteiger partial charge in [0.1, 0.15) is 5.82 Å². The zero-order valence-corrected chi connectivity index (χ0v) is 10.7. The zero-order valence-electron chi connectivity index (χ0n) is 9.84. The summed E-state index contributed by atoms with van der Waals surface area (Å²) in [6.45, 7) is 4.45. The Balaban J connectivity index is 2.15. The molecular formula is C12H17N3S. The molecule has 4 heteroatoms. The highest BCUT2D eigenvalue weighted by Crippen LogP contribution is 2.28. The summed E-state index contributed by atoms with van der Waals surface area (Å²) in [7, 11) is 1.93. The Kier molecular flexibility index (Phi) is 3.29. The van der Waals surface area contributed by atoms with Crippen LogP contribution in [0.2, 0.25) is 0 Å². The fourth-order valence-electron chi connectivity index (χ4n) is 1.69. The van der Waals surface area contributed by atoms with E-state index < -0.39 is 0 Å². The average molecular weight is 235 g/mol. The maximum atomic E-state index is 4.35. The highest BCUT2D eigenvalue weighted by molar-refractivity contribution is 7.10. The molecule has 0 aliphatic heterocycles. The molecule has 0 fully saturated rings. The van der Waals surface area contributed by atoms with E-state index >= 15 is 0 Å². The second-order valence-electron chi connectivity index (χ2n) is 4.26. The van der Waals surface area contributed by atoms with Gasteiger partial charge in [-0.1, -0.05) is 19.9 Å². The second kappa shape index (κ2) is 4.70. The number of aromatic nitrogens is 2. The number of hydrogen-bond acceptors (Lipinski definition) is 3. The molecule has 2 rings (SSSR count). The largest absolute Gasteiger partial charge is 0.361 e. The molecule has 0 saturated carbocycles. The summed E-state index contributed by atoms with van der Waals surface area (Å²) in [5, 5.41) is 9.95. The Hall–Kier alpha value is -1.29. The van der Waals surface area contributed by atoms with Gasteiger partial charge in [-0.3, -0.25) is 4.68 Å². The molecule has 0 spiro atoms. The van der Waals surface area contributed by atoms with Gasteiger partial charge in [-0.15, -0.1) is 11.3 Å². The molecule has 86 valence electrons. The first-order valence-corrected chi connectivity index (χ1v) is 6.34. The minimum atomic E-state index is 0.342. The molecule has 2 heterocycles. The minimum Gasteiger partial charge on any atom is -0.361 e. The van der Waals surface area contributed by atoms with Gasteiger partial charge >= 0.3 is 0 Å². The summed E-state index contributed by atoms with van der Waals surface area (Å²) >= 11 is 1.79. The van der Waals surface area contributed by atoms with Crippen LogP contribution < -0.4 is 5.32 Å². The Morgan fingerprint density at radius 1 is 1.38 bits per heavy atom. The number of nitrogens with zero attached hydrogens (tertiary/aromatic N) is 2. The Morgan fingerprint density at radius 2 is 2.19 bits per heavy atom. The smallest absolute Gasteiger partial charge is 0.148 e. The second-order valence-corrected chi connectivity index (χ2v) is 5.24. The van der Waals surface area contributed by atoms with Crippen molar-refractivity contribution in [2.75, 3.05) is 5.32 Å². The van der Waals surface area contributed by atoms with E-state index in [4.69, 9.17) is 0 Å². The van der Waals surface area contributed by atoms with Crippen LogP contribution in [0.15, 0.2) is 29.8 Å². The lowest BCUT2D eigenvalue weighted by Gasteiger charge is -2.20. The van der Waals surface area contributed by atoms with Crippen LogP contribution in [-0.2, 0) is 7.05 Å². The highest BCUT2D eigenvalue weighted by Gasteiger charge is 2.17. The molecule has 16 heavy (non-hydrogen) atoms. The summed E-state index contributed by atoms with van der Waals surface area (Å²) in [5.41, 5.74) is 0. The van der Waals surface area contributed by atoms with Crippen LogP contribution in [-0.4, -0.2) is 9.78 Å². The van der Waals surface area contributed by atoms with Crippen LogP contribution in [0.1, 0.15) is 24.8 Å². The Bertz CT molecular complexity index is 431. The van der Waals surface area contributed by atoms with Crippen LogP contribution in [0.25, 0.3) is 0 Å². The van der Waals surface area contributed by atoms with Crippen LogP contribution in [0.3, 0.4) is 0 Å². The van der Waals surface area contributed by atoms with Crippen molar-refractivity contribution >= 4 is 17.2 Å². The summed E-state index contributed by atoms with van der Waals surface area (Å²) in [5.74, 6) is 1.48. The molecular weight excluding hydrogens is 218 g/mol. The standard InChI is InChI=1S/C12H17N3S/c1-9(2)12(10-5-4-8-16-10)13-11-6-7-15(3)14-11/h4-9,12H,1-3H3,(H,13,14). The lowest BCUT2D eigenvalue weighted by molar-refractivity contribution is 0.551. The number of nitrogens with one attached hydrogen (secondary N) is 1. The SMILES string of the molecule is CC(C)C(Nc1ccn(C)n1)c1cccs1. The number of aryl methyl sites for hydroxylation is 1. The monoisotopic (exact) mass is 235 g/mol. The maximum absolute atomic E-state index is 4.35. The molecule has 0 bridgehead atoms. The third-order valence-corrected chi connectivity index (χ3v) is 3.49. The van der Waals surface area contributed by atoms with E-state index in [9.17, 15) is 0 Å². The van der Waals surface area contributed by atoms with E-state index in [1.54, 1.807) is 11.3 Å². The molecule has 0 aliphatic carbocycles. The van der Waals surface area contributed by atoms with Crippen LogP contribution in [0, 0.1) is 5.92 Å². The molecule has 0 radical (unpaired) electrons. The van der Waals surface area contributed by atoms with Gasteiger partial charge in [0.25, 0.3) is 0 Å². The summed E-state index contributed by atoms with van der Waals surface area (Å²) in [6.07, 6.45) is 1.95. The van der Waals surface area contributed by atoms with Gasteiger partial charge in [-0.05, 0) is 17.4 Å². The zero-order chi connectivity index (χ0) is 11.5. The van der Waals surface area contributed by atoms with Gasteiger partial charge in [-0.2, -0.15) is 5.10 Å². The third kappa shape index (κ3) is 2.44. The lowest BCUT2D eigenvalue weighted by atomic mass is 10.0. The molecule has 0 aromatic carbocycles. The Morgan fingerprint density at radius 3 is 2.69 bits per heavy atom. The molecule has 1 atom stereocenters. The molecule has 2 aromatic heterocycles. The maximum Gasteiger partial charge on any atom is 0.148 e. The number of rotatable bonds is 4. The van der Waals surface area contributed by atoms with E-state index in [-0.39, 0.29) is 0 Å². The van der Waals surface area contributed by atoms with Crippen LogP contribution in [0.5, 0.6) is 0 Å². The predicted octanol–water partition coefficient (Wildman–Crippen LogP) is 3.29. The predicted molar refractivity (Wildman–Crippen MR) is 68.7 cm³/mol. The summed E-state index contributed by atoms with van der Waals surface area (Å²) in [4.78, 5) is 1.36. The van der Waals surface area contributed by atoms with Crippen molar-refractivity contribution in [1.82, 2.24) is 9.78 Å². The van der Waals surface area contributed by atoms with Crippen molar-refractivity contribution in [1.29, 1.82) is 0 Å². The third-order valence-electron chi connectivity index (χ3n) is 2.53. The number of hydrogen-bond donors (Lipinski definition) is 1. The van der Waals surface area contributed by atoms with E-state index in [0.717, 1.165) is 5.82 Å². The van der Waals surface area contributed by atoms with Crippen molar-refractivity contribution in [2.24, 2.45) is 13.0 Å². The molecule has 0 aliphatic rings. The number of anilines is 1. The van der Waals surface area contributed by atoms with Gasteiger partial charge < -0.3 is 5.32 Å². The average Bonchev–Trinajstić information content (AvgIpc) is 2.84. The van der Waals surface area contributed by atoms with Gasteiger partial charge in [-0.25, -0.2) is 0 Å². The first-order valence-electron chi connectivity index (χ1n) is 5.46. The van der Waals surface area contributed by atoms with Gasteiger partial charge in [0.2, 0.25) is 0 Å². The normalized spacial score (nSPS) is 13.0. The van der Waals surface area contributed by atoms with E-state index in [2.05, 4.69) is 41.8 Å². The summed E-state index contributed by atoms with van der Waals surface area (Å²) in [6, 6.07) is 6.61. The molecule has 3 nitrogen and oxygen atoms in total. The van der Waals surface area contributed by atoms with Crippen molar-refractivity contribution in [3.8, 4) is 0 Å². The molecule has 2 aromatic rings. The molecule has 1 unspecified atom stereocenters. The van der Waals surface area contributed by atoms with Gasteiger partial charge in [0, 0.05) is 24.2 Å². The van der Waals surface area contributed by atoms with Crippen molar-refractivity contribution in [3.63, 3.8) is 0 Å². The first kappa shape index (κ1) is 11.2. The lowest BCUT2D eigenvalue weighted by Crippen LogP contribution is -2.16. The van der Waals surface area contributed by atoms with E-state index in [0.29, 0.717) is 12.0 Å². The fraction of sp³-hybridized carbons (Fsp3) is 0.417. The van der Waals surface area contributed by atoms with Gasteiger partial charge in [0.15, 0.2) is 0 Å². The van der Waals surface area contributed by atoms with Crippen molar-refractivity contribution < 1.29 is 0 Å². The van der Waals surface area contributed by atoms with E-state index in [1.165, 1.54) is 4.88 Å². The Labute approximate surface area is 100 Å². The topological polar surface area (TPSA) is 29.9 Å².